The van der Waals surface area contributed by atoms with Gasteiger partial charge in [0.1, 0.15) is 11.4 Å². The third kappa shape index (κ3) is 4.89. The number of piperazine rings is 1. The second-order valence-electron chi connectivity index (χ2n) is 10.4. The number of nitrogens with one attached hydrogen (secondary N) is 1. The standard InChI is InChI=1S/C29H36N4O3/c1-3-19-16-22(33-14-12-32(2)13-15-33)10-8-20(19)9-11-26(34)24-17-23-25(18-27(24)35)30-31-28(23)29(36)21-6-4-5-7-21/h8,10,16-18,21,35H,3-7,9,11-15H2,1-2H3,(H,30,31). The highest BCUT2D eigenvalue weighted by Crippen LogP contribution is 2.32. The highest BCUT2D eigenvalue weighted by Gasteiger charge is 2.28. The van der Waals surface area contributed by atoms with Crippen molar-refractivity contribution in [2.45, 2.75) is 51.9 Å². The molecule has 0 bridgehead atoms. The first kappa shape index (κ1) is 24.5. The molecule has 0 unspecified atom stereocenters. The number of H-pyrrole nitrogens is 1. The van der Waals surface area contributed by atoms with Crippen molar-refractivity contribution in [3.05, 3.63) is 52.7 Å². The summed E-state index contributed by atoms with van der Waals surface area (Å²) in [6.45, 7) is 6.33. The van der Waals surface area contributed by atoms with Crippen LogP contribution in [0.2, 0.25) is 0 Å². The van der Waals surface area contributed by atoms with Gasteiger partial charge in [-0.3, -0.25) is 14.7 Å². The number of aromatic hydroxyl groups is 1. The number of phenolic OH excluding ortho intramolecular Hbond substituents is 1. The molecule has 1 aliphatic carbocycles. The van der Waals surface area contributed by atoms with Crippen LogP contribution in [0.1, 0.15) is 71.0 Å². The van der Waals surface area contributed by atoms with Gasteiger partial charge in [-0.15, -0.1) is 0 Å². The van der Waals surface area contributed by atoms with E-state index in [4.69, 9.17) is 0 Å². The molecule has 1 saturated carbocycles. The number of carbonyl (C=O) groups excluding carboxylic acids is 2. The van der Waals surface area contributed by atoms with Crippen LogP contribution in [0.3, 0.4) is 0 Å². The molecule has 190 valence electrons. The summed E-state index contributed by atoms with van der Waals surface area (Å²) >= 11 is 0. The molecule has 2 N–H and O–H groups in total. The van der Waals surface area contributed by atoms with Crippen LogP contribution >= 0.6 is 0 Å². The van der Waals surface area contributed by atoms with E-state index >= 15 is 0 Å². The fourth-order valence-corrected chi connectivity index (χ4v) is 5.68. The predicted octanol–water partition coefficient (Wildman–Crippen LogP) is 4.77. The van der Waals surface area contributed by atoms with Gasteiger partial charge in [-0.05, 0) is 62.1 Å². The average molecular weight is 489 g/mol. The zero-order valence-corrected chi connectivity index (χ0v) is 21.3. The molecule has 2 fully saturated rings. The molecule has 2 aromatic carbocycles. The minimum absolute atomic E-state index is 0.00531. The Kier molecular flexibility index (Phi) is 7.10. The van der Waals surface area contributed by atoms with Crippen molar-refractivity contribution >= 4 is 28.2 Å². The van der Waals surface area contributed by atoms with Gasteiger partial charge in [0.05, 0.1) is 11.1 Å². The lowest BCUT2D eigenvalue weighted by molar-refractivity contribution is 0.0918. The fourth-order valence-electron chi connectivity index (χ4n) is 5.68. The number of carbonyl (C=O) groups is 2. The van der Waals surface area contributed by atoms with Crippen LogP contribution in [0.5, 0.6) is 5.75 Å². The first-order chi connectivity index (χ1) is 17.4. The average Bonchev–Trinajstić information content (AvgIpc) is 3.57. The number of hydrogen-bond acceptors (Lipinski definition) is 6. The Morgan fingerprint density at radius 2 is 1.81 bits per heavy atom. The molecule has 36 heavy (non-hydrogen) atoms. The quantitative estimate of drug-likeness (QED) is 0.444. The van der Waals surface area contributed by atoms with Gasteiger partial charge in [-0.25, -0.2) is 0 Å². The van der Waals surface area contributed by atoms with E-state index in [9.17, 15) is 14.7 Å². The zero-order valence-electron chi connectivity index (χ0n) is 21.3. The molecule has 7 nitrogen and oxygen atoms in total. The lowest BCUT2D eigenvalue weighted by Gasteiger charge is -2.34. The second kappa shape index (κ2) is 10.4. The molecule has 0 radical (unpaired) electrons. The minimum Gasteiger partial charge on any atom is -0.507 e. The Hall–Kier alpha value is -3.19. The van der Waals surface area contributed by atoms with E-state index in [-0.39, 0.29) is 28.8 Å². The molecule has 7 heteroatoms. The van der Waals surface area contributed by atoms with Gasteiger partial charge in [-0.2, -0.15) is 5.10 Å². The van der Waals surface area contributed by atoms with E-state index in [2.05, 4.69) is 52.2 Å². The molecule has 2 aliphatic rings. The summed E-state index contributed by atoms with van der Waals surface area (Å²) in [5, 5.41) is 18.3. The number of fused-ring (bicyclic) bond motifs is 1. The van der Waals surface area contributed by atoms with Crippen molar-refractivity contribution in [3.8, 4) is 5.75 Å². The summed E-state index contributed by atoms with van der Waals surface area (Å²) in [6.07, 6.45) is 5.74. The van der Waals surface area contributed by atoms with Gasteiger partial charge in [0.15, 0.2) is 11.6 Å². The number of likely N-dealkylation sites (N-methyl/N-ethyl adjacent to an activating group) is 1. The molecule has 2 heterocycles. The Bertz CT molecular complexity index is 1270. The third-order valence-electron chi connectivity index (χ3n) is 8.00. The molecule has 0 spiro atoms. The molecule has 5 rings (SSSR count). The van der Waals surface area contributed by atoms with Crippen molar-refractivity contribution in [1.29, 1.82) is 0 Å². The maximum absolute atomic E-state index is 13.2. The number of benzene rings is 2. The summed E-state index contributed by atoms with van der Waals surface area (Å²) in [6, 6.07) is 9.75. The van der Waals surface area contributed by atoms with Crippen molar-refractivity contribution in [3.63, 3.8) is 0 Å². The number of nitrogens with zero attached hydrogens (tertiary/aromatic N) is 3. The number of hydrogen-bond donors (Lipinski definition) is 2. The Balaban J connectivity index is 1.32. The number of aromatic nitrogens is 2. The van der Waals surface area contributed by atoms with Crippen molar-refractivity contribution in [1.82, 2.24) is 15.1 Å². The zero-order chi connectivity index (χ0) is 25.2. The maximum Gasteiger partial charge on any atom is 0.186 e. The highest BCUT2D eigenvalue weighted by atomic mass is 16.3. The molecule has 1 aliphatic heterocycles. The van der Waals surface area contributed by atoms with Crippen LogP contribution in [0.4, 0.5) is 5.69 Å². The highest BCUT2D eigenvalue weighted by molar-refractivity contribution is 6.10. The van der Waals surface area contributed by atoms with Gasteiger partial charge in [0.2, 0.25) is 0 Å². The number of anilines is 1. The van der Waals surface area contributed by atoms with Crippen molar-refractivity contribution in [2.75, 3.05) is 38.1 Å². The Morgan fingerprint density at radius 3 is 2.53 bits per heavy atom. The first-order valence-electron chi connectivity index (χ1n) is 13.3. The Labute approximate surface area is 212 Å². The molecule has 1 saturated heterocycles. The van der Waals surface area contributed by atoms with Gasteiger partial charge in [0, 0.05) is 55.7 Å². The van der Waals surface area contributed by atoms with Gasteiger partial charge >= 0.3 is 0 Å². The summed E-state index contributed by atoms with van der Waals surface area (Å²) in [5.74, 6) is -0.154. The molecular weight excluding hydrogens is 452 g/mol. The summed E-state index contributed by atoms with van der Waals surface area (Å²) in [4.78, 5) is 31.0. The minimum atomic E-state index is -0.125. The second-order valence-corrected chi connectivity index (χ2v) is 10.4. The smallest absolute Gasteiger partial charge is 0.186 e. The Morgan fingerprint density at radius 1 is 1.06 bits per heavy atom. The molecular formula is C29H36N4O3. The van der Waals surface area contributed by atoms with Crippen molar-refractivity contribution in [2.24, 2.45) is 5.92 Å². The summed E-state index contributed by atoms with van der Waals surface area (Å²) in [5.41, 5.74) is 4.91. The largest absolute Gasteiger partial charge is 0.507 e. The number of ketones is 2. The topological polar surface area (TPSA) is 89.5 Å². The van der Waals surface area contributed by atoms with Gasteiger partial charge < -0.3 is 14.9 Å². The fraction of sp³-hybridized carbons (Fsp3) is 0.483. The number of phenols is 1. The first-order valence-corrected chi connectivity index (χ1v) is 13.3. The van der Waals surface area contributed by atoms with Gasteiger partial charge in [0.25, 0.3) is 0 Å². The molecule has 0 atom stereocenters. The van der Waals surface area contributed by atoms with Crippen LogP contribution in [-0.2, 0) is 12.8 Å². The van der Waals surface area contributed by atoms with Crippen LogP contribution < -0.4 is 4.90 Å². The number of aryl methyl sites for hydroxylation is 2. The number of rotatable bonds is 8. The van der Waals surface area contributed by atoms with E-state index in [0.717, 1.165) is 58.3 Å². The SMILES string of the molecule is CCc1cc(N2CCN(C)CC2)ccc1CCC(=O)c1cc2c(C(=O)C3CCCC3)n[nH]c2cc1O. The van der Waals surface area contributed by atoms with E-state index in [1.165, 1.54) is 22.9 Å². The monoisotopic (exact) mass is 488 g/mol. The van der Waals surface area contributed by atoms with E-state index < -0.39 is 0 Å². The third-order valence-corrected chi connectivity index (χ3v) is 8.00. The normalized spacial score (nSPS) is 17.2. The molecule has 1 aromatic heterocycles. The lowest BCUT2D eigenvalue weighted by Crippen LogP contribution is -2.44. The summed E-state index contributed by atoms with van der Waals surface area (Å²) < 4.78 is 0. The van der Waals surface area contributed by atoms with E-state index in [1.807, 2.05) is 0 Å². The number of aromatic amines is 1. The summed E-state index contributed by atoms with van der Waals surface area (Å²) in [7, 11) is 2.16. The molecule has 3 aromatic rings. The molecule has 0 amide bonds. The van der Waals surface area contributed by atoms with Crippen molar-refractivity contribution < 1.29 is 14.7 Å². The van der Waals surface area contributed by atoms with Crippen LogP contribution in [-0.4, -0.2) is 65.0 Å². The van der Waals surface area contributed by atoms with E-state index in [0.29, 0.717) is 29.4 Å². The lowest BCUT2D eigenvalue weighted by atomic mass is 9.94. The van der Waals surface area contributed by atoms with Crippen LogP contribution in [0, 0.1) is 5.92 Å². The predicted molar refractivity (Wildman–Crippen MR) is 142 cm³/mol. The van der Waals surface area contributed by atoms with E-state index in [1.54, 1.807) is 6.07 Å². The van der Waals surface area contributed by atoms with Crippen LogP contribution in [0.15, 0.2) is 30.3 Å². The van der Waals surface area contributed by atoms with Gasteiger partial charge in [-0.1, -0.05) is 25.8 Å². The number of Topliss-reactive ketones (excluding diaryl/α,β-unsaturated/α-hetero) is 2. The maximum atomic E-state index is 13.2. The van der Waals surface area contributed by atoms with Crippen LogP contribution in [0.25, 0.3) is 10.9 Å².